The minimum atomic E-state index is 0.558. The molecule has 2 aromatic rings. The molecular formula is C10H9ClN4S. The fourth-order valence-corrected chi connectivity index (χ4v) is 1.81. The molecule has 82 valence electrons. The number of aromatic nitrogens is 1. The van der Waals surface area contributed by atoms with Crippen molar-refractivity contribution < 1.29 is 0 Å². The van der Waals surface area contributed by atoms with E-state index >= 15 is 0 Å². The van der Waals surface area contributed by atoms with Gasteiger partial charge in [0.25, 0.3) is 0 Å². The lowest BCUT2D eigenvalue weighted by molar-refractivity contribution is 1.20. The first-order valence-electron chi connectivity index (χ1n) is 4.59. The molecule has 16 heavy (non-hydrogen) atoms. The van der Waals surface area contributed by atoms with Gasteiger partial charge in [-0.2, -0.15) is 0 Å². The molecule has 2 rings (SSSR count). The van der Waals surface area contributed by atoms with Gasteiger partial charge in [0.1, 0.15) is 4.34 Å². The van der Waals surface area contributed by atoms with Crippen LogP contribution in [0.4, 0.5) is 16.5 Å². The van der Waals surface area contributed by atoms with Crippen LogP contribution < -0.4 is 5.32 Å². The predicted molar refractivity (Wildman–Crippen MR) is 67.3 cm³/mol. The lowest BCUT2D eigenvalue weighted by atomic mass is 10.3. The lowest BCUT2D eigenvalue weighted by Gasteiger charge is -1.97. The first-order chi connectivity index (χ1) is 7.78. The Labute approximate surface area is 102 Å². The highest BCUT2D eigenvalue weighted by Crippen LogP contribution is 2.27. The standard InChI is InChI=1S/C10H9ClN4S/c1-12-7-2-4-8(5-3-7)14-15-10-13-6-9(11)16-10/h2-6,12H,1H3/b15-14+. The maximum Gasteiger partial charge on any atom is 0.231 e. The van der Waals surface area contributed by atoms with Gasteiger partial charge in [-0.3, -0.25) is 0 Å². The van der Waals surface area contributed by atoms with Crippen molar-refractivity contribution in [2.45, 2.75) is 0 Å². The van der Waals surface area contributed by atoms with Crippen LogP contribution in [0.3, 0.4) is 0 Å². The smallest absolute Gasteiger partial charge is 0.231 e. The first kappa shape index (κ1) is 11.0. The number of rotatable bonds is 3. The van der Waals surface area contributed by atoms with Crippen molar-refractivity contribution in [2.75, 3.05) is 12.4 Å². The summed E-state index contributed by atoms with van der Waals surface area (Å²) in [5.74, 6) is 0. The number of thiazole rings is 1. The second-order valence-corrected chi connectivity index (χ2v) is 4.58. The second kappa shape index (κ2) is 5.05. The summed E-state index contributed by atoms with van der Waals surface area (Å²) in [6.45, 7) is 0. The third-order valence-electron chi connectivity index (χ3n) is 1.87. The molecular weight excluding hydrogens is 244 g/mol. The van der Waals surface area contributed by atoms with Crippen LogP contribution in [-0.2, 0) is 0 Å². The molecule has 0 aliphatic carbocycles. The Morgan fingerprint density at radius 2 is 2.00 bits per heavy atom. The molecule has 6 heteroatoms. The fourth-order valence-electron chi connectivity index (χ4n) is 1.09. The van der Waals surface area contributed by atoms with Gasteiger partial charge in [0.15, 0.2) is 0 Å². The van der Waals surface area contributed by atoms with Crippen LogP contribution in [0.25, 0.3) is 0 Å². The van der Waals surface area contributed by atoms with Crippen molar-refractivity contribution in [2.24, 2.45) is 10.2 Å². The maximum atomic E-state index is 5.73. The van der Waals surface area contributed by atoms with Crippen molar-refractivity contribution in [3.05, 3.63) is 34.8 Å². The van der Waals surface area contributed by atoms with E-state index in [1.165, 1.54) is 11.3 Å². The van der Waals surface area contributed by atoms with Crippen molar-refractivity contribution >= 4 is 39.4 Å². The summed E-state index contributed by atoms with van der Waals surface area (Å²) in [4.78, 5) is 3.98. The molecule has 0 fully saturated rings. The third-order valence-corrected chi connectivity index (χ3v) is 2.87. The van der Waals surface area contributed by atoms with Crippen LogP contribution in [0.2, 0.25) is 4.34 Å². The number of anilines is 1. The van der Waals surface area contributed by atoms with Crippen LogP contribution in [-0.4, -0.2) is 12.0 Å². The van der Waals surface area contributed by atoms with Gasteiger partial charge in [-0.25, -0.2) is 4.98 Å². The molecule has 1 heterocycles. The normalized spacial score (nSPS) is 10.9. The molecule has 0 radical (unpaired) electrons. The zero-order chi connectivity index (χ0) is 11.4. The molecule has 0 bridgehead atoms. The van der Waals surface area contributed by atoms with Crippen molar-refractivity contribution in [1.29, 1.82) is 0 Å². The predicted octanol–water partition coefficient (Wildman–Crippen LogP) is 4.25. The monoisotopic (exact) mass is 252 g/mol. The zero-order valence-corrected chi connectivity index (χ0v) is 10.1. The Morgan fingerprint density at radius 3 is 2.56 bits per heavy atom. The number of azo groups is 1. The number of hydrogen-bond donors (Lipinski definition) is 1. The molecule has 1 aromatic carbocycles. The molecule has 0 aliphatic heterocycles. The fraction of sp³-hybridized carbons (Fsp3) is 0.100. The molecule has 1 aromatic heterocycles. The van der Waals surface area contributed by atoms with Gasteiger partial charge in [-0.1, -0.05) is 22.9 Å². The van der Waals surface area contributed by atoms with Crippen LogP contribution >= 0.6 is 22.9 Å². The molecule has 0 spiro atoms. The van der Waals surface area contributed by atoms with E-state index in [2.05, 4.69) is 20.5 Å². The van der Waals surface area contributed by atoms with Gasteiger partial charge in [0, 0.05) is 12.7 Å². The van der Waals surface area contributed by atoms with Crippen LogP contribution in [0, 0.1) is 0 Å². The minimum absolute atomic E-state index is 0.558. The van der Waals surface area contributed by atoms with Crippen LogP contribution in [0.1, 0.15) is 0 Å². The summed E-state index contributed by atoms with van der Waals surface area (Å²) in [5, 5.41) is 11.6. The topological polar surface area (TPSA) is 49.6 Å². The summed E-state index contributed by atoms with van der Waals surface area (Å²) >= 11 is 7.02. The number of benzene rings is 1. The van der Waals surface area contributed by atoms with Gasteiger partial charge >= 0.3 is 0 Å². The van der Waals surface area contributed by atoms with Gasteiger partial charge in [0.2, 0.25) is 5.13 Å². The summed E-state index contributed by atoms with van der Waals surface area (Å²) in [7, 11) is 1.87. The quantitative estimate of drug-likeness (QED) is 0.830. The van der Waals surface area contributed by atoms with Gasteiger partial charge in [0.05, 0.1) is 11.9 Å². The van der Waals surface area contributed by atoms with Crippen molar-refractivity contribution in [3.8, 4) is 0 Å². The number of hydrogen-bond acceptors (Lipinski definition) is 5. The molecule has 0 saturated heterocycles. The summed E-state index contributed by atoms with van der Waals surface area (Å²) < 4.78 is 0.611. The highest BCUT2D eigenvalue weighted by Gasteiger charge is 1.97. The van der Waals surface area contributed by atoms with Crippen LogP contribution in [0.15, 0.2) is 40.7 Å². The summed E-state index contributed by atoms with van der Waals surface area (Å²) in [6.07, 6.45) is 1.56. The molecule has 0 saturated carbocycles. The molecule has 4 nitrogen and oxygen atoms in total. The van der Waals surface area contributed by atoms with E-state index < -0.39 is 0 Å². The Hall–Kier alpha value is -1.46. The number of halogens is 1. The molecule has 0 amide bonds. The lowest BCUT2D eigenvalue weighted by Crippen LogP contribution is -1.84. The summed E-state index contributed by atoms with van der Waals surface area (Å²) in [5.41, 5.74) is 1.82. The van der Waals surface area contributed by atoms with Gasteiger partial charge in [-0.05, 0) is 24.3 Å². The highest BCUT2D eigenvalue weighted by atomic mass is 35.5. The zero-order valence-electron chi connectivity index (χ0n) is 8.51. The van der Waals surface area contributed by atoms with E-state index in [4.69, 9.17) is 11.6 Å². The van der Waals surface area contributed by atoms with E-state index in [1.54, 1.807) is 6.20 Å². The SMILES string of the molecule is CNc1ccc(/N=N/c2ncc(Cl)s2)cc1. The number of nitrogens with zero attached hydrogens (tertiary/aromatic N) is 3. The van der Waals surface area contributed by atoms with Gasteiger partial charge < -0.3 is 5.32 Å². The largest absolute Gasteiger partial charge is 0.388 e. The van der Waals surface area contributed by atoms with E-state index in [1.807, 2.05) is 31.3 Å². The van der Waals surface area contributed by atoms with E-state index in [9.17, 15) is 0 Å². The average molecular weight is 253 g/mol. The third kappa shape index (κ3) is 2.77. The Morgan fingerprint density at radius 1 is 1.25 bits per heavy atom. The second-order valence-electron chi connectivity index (χ2n) is 2.94. The van der Waals surface area contributed by atoms with E-state index in [-0.39, 0.29) is 0 Å². The Kier molecular flexibility index (Phi) is 3.48. The summed E-state index contributed by atoms with van der Waals surface area (Å²) in [6, 6.07) is 7.63. The highest BCUT2D eigenvalue weighted by molar-refractivity contribution is 7.19. The van der Waals surface area contributed by atoms with Crippen molar-refractivity contribution in [3.63, 3.8) is 0 Å². The molecule has 0 unspecified atom stereocenters. The molecule has 0 atom stereocenters. The van der Waals surface area contributed by atoms with Crippen molar-refractivity contribution in [1.82, 2.24) is 4.98 Å². The van der Waals surface area contributed by atoms with Gasteiger partial charge in [-0.15, -0.1) is 10.2 Å². The maximum absolute atomic E-state index is 5.73. The molecule has 1 N–H and O–H groups in total. The Balaban J connectivity index is 2.11. The van der Waals surface area contributed by atoms with E-state index in [0.29, 0.717) is 9.47 Å². The minimum Gasteiger partial charge on any atom is -0.388 e. The number of nitrogens with one attached hydrogen (secondary N) is 1. The van der Waals surface area contributed by atoms with Crippen LogP contribution in [0.5, 0.6) is 0 Å². The average Bonchev–Trinajstić information content (AvgIpc) is 2.73. The Bertz CT molecular complexity index is 492. The molecule has 0 aliphatic rings. The first-order valence-corrected chi connectivity index (χ1v) is 5.78. The van der Waals surface area contributed by atoms with E-state index in [0.717, 1.165) is 11.4 Å².